The van der Waals surface area contributed by atoms with Gasteiger partial charge in [-0.2, -0.15) is 0 Å². The summed E-state index contributed by atoms with van der Waals surface area (Å²) in [7, 11) is 0. The molecular weight excluding hydrogens is 502 g/mol. The Kier molecular flexibility index (Phi) is 15.7. The number of nitrogens with two attached hydrogens (primary N) is 5. The Balaban J connectivity index is 5.57. The number of carboxylic acid groups (broad SMARTS) is 1. The highest BCUT2D eigenvalue weighted by molar-refractivity contribution is 5.94. The van der Waals surface area contributed by atoms with E-state index in [1.54, 1.807) is 13.8 Å². The number of guanidine groups is 1. The second kappa shape index (κ2) is 17.5. The molecule has 14 N–H and O–H groups in total. The van der Waals surface area contributed by atoms with Crippen LogP contribution >= 0.6 is 0 Å². The Morgan fingerprint density at radius 2 is 1.18 bits per heavy atom. The van der Waals surface area contributed by atoms with Crippen molar-refractivity contribution in [3.05, 3.63) is 0 Å². The molecule has 0 heterocycles. The van der Waals surface area contributed by atoms with Crippen molar-refractivity contribution in [3.8, 4) is 0 Å². The van der Waals surface area contributed by atoms with Gasteiger partial charge in [0.1, 0.15) is 18.1 Å². The maximum Gasteiger partial charge on any atom is 0.326 e. The van der Waals surface area contributed by atoms with Crippen LogP contribution in [0.2, 0.25) is 0 Å². The third-order valence-electron chi connectivity index (χ3n) is 5.25. The fourth-order valence-electron chi connectivity index (χ4n) is 3.28. The van der Waals surface area contributed by atoms with Gasteiger partial charge in [-0.25, -0.2) is 4.79 Å². The molecule has 0 saturated carbocycles. The molecule has 0 aliphatic carbocycles. The summed E-state index contributed by atoms with van der Waals surface area (Å²) >= 11 is 0. The Labute approximate surface area is 220 Å². The van der Waals surface area contributed by atoms with E-state index in [4.69, 9.17) is 28.7 Å². The second-order valence-corrected chi connectivity index (χ2v) is 9.22. The summed E-state index contributed by atoms with van der Waals surface area (Å²) in [5.41, 5.74) is 26.7. The van der Waals surface area contributed by atoms with Crippen LogP contribution in [-0.4, -0.2) is 77.3 Å². The van der Waals surface area contributed by atoms with E-state index in [1.807, 2.05) is 0 Å². The molecule has 0 bridgehead atoms. The van der Waals surface area contributed by atoms with Crippen molar-refractivity contribution in [2.75, 3.05) is 6.54 Å². The Hall–Kier alpha value is -3.95. The zero-order valence-electron chi connectivity index (χ0n) is 21.8. The minimum Gasteiger partial charge on any atom is -0.480 e. The van der Waals surface area contributed by atoms with Crippen LogP contribution in [0, 0.1) is 5.92 Å². The van der Waals surface area contributed by atoms with Crippen molar-refractivity contribution >= 4 is 41.5 Å². The number of nitrogens with one attached hydrogen (secondary N) is 3. The van der Waals surface area contributed by atoms with E-state index in [0.717, 1.165) is 0 Å². The second-order valence-electron chi connectivity index (χ2n) is 9.22. The van der Waals surface area contributed by atoms with Crippen LogP contribution in [0.15, 0.2) is 4.99 Å². The smallest absolute Gasteiger partial charge is 0.326 e. The van der Waals surface area contributed by atoms with Gasteiger partial charge in [-0.15, -0.1) is 0 Å². The number of primary amides is 2. The Morgan fingerprint density at radius 3 is 1.58 bits per heavy atom. The van der Waals surface area contributed by atoms with Crippen molar-refractivity contribution < 1.29 is 33.9 Å². The number of hydrogen-bond donors (Lipinski definition) is 9. The summed E-state index contributed by atoms with van der Waals surface area (Å²) in [4.78, 5) is 76.4. The van der Waals surface area contributed by atoms with Gasteiger partial charge >= 0.3 is 5.97 Å². The van der Waals surface area contributed by atoms with E-state index >= 15 is 0 Å². The number of carbonyl (C=O) groups excluding carboxylic acids is 5. The van der Waals surface area contributed by atoms with Crippen molar-refractivity contribution in [2.45, 2.75) is 83.0 Å². The first-order chi connectivity index (χ1) is 17.6. The highest BCUT2D eigenvalue weighted by Crippen LogP contribution is 2.08. The fraction of sp³-hybridized carbons (Fsp3) is 0.682. The molecule has 16 heteroatoms. The molecule has 0 aromatic carbocycles. The van der Waals surface area contributed by atoms with Crippen LogP contribution in [-0.2, 0) is 28.8 Å². The minimum absolute atomic E-state index is 0.0628. The third kappa shape index (κ3) is 15.2. The van der Waals surface area contributed by atoms with Gasteiger partial charge in [-0.3, -0.25) is 29.0 Å². The lowest BCUT2D eigenvalue weighted by Crippen LogP contribution is -2.57. The van der Waals surface area contributed by atoms with Crippen LogP contribution in [0.4, 0.5) is 0 Å². The van der Waals surface area contributed by atoms with Crippen molar-refractivity contribution in [2.24, 2.45) is 39.6 Å². The summed E-state index contributed by atoms with van der Waals surface area (Å²) in [5.74, 6) is -5.37. The average molecular weight is 544 g/mol. The molecular formula is C22H41N9O7. The molecule has 0 spiro atoms. The lowest BCUT2D eigenvalue weighted by molar-refractivity contribution is -0.143. The first-order valence-electron chi connectivity index (χ1n) is 12.1. The highest BCUT2D eigenvalue weighted by atomic mass is 16.4. The summed E-state index contributed by atoms with van der Waals surface area (Å²) in [6, 6.07) is -4.94. The first kappa shape index (κ1) is 34.0. The average Bonchev–Trinajstić information content (AvgIpc) is 2.80. The molecule has 16 nitrogen and oxygen atoms in total. The van der Waals surface area contributed by atoms with Crippen molar-refractivity contribution in [1.82, 2.24) is 16.0 Å². The van der Waals surface area contributed by atoms with Crippen molar-refractivity contribution in [1.29, 1.82) is 0 Å². The van der Waals surface area contributed by atoms with Gasteiger partial charge in [0.15, 0.2) is 5.96 Å². The maximum absolute atomic E-state index is 13.0. The molecule has 0 fully saturated rings. The van der Waals surface area contributed by atoms with Gasteiger partial charge < -0.3 is 49.7 Å². The van der Waals surface area contributed by atoms with E-state index in [0.29, 0.717) is 6.42 Å². The molecule has 0 aliphatic rings. The van der Waals surface area contributed by atoms with Crippen LogP contribution in [0.1, 0.15) is 58.8 Å². The topological polar surface area (TPSA) is 301 Å². The molecule has 0 saturated heterocycles. The molecule has 0 aromatic heterocycles. The molecule has 0 rings (SSSR count). The molecule has 0 aromatic rings. The van der Waals surface area contributed by atoms with Gasteiger partial charge in [0.25, 0.3) is 0 Å². The van der Waals surface area contributed by atoms with Gasteiger partial charge in [-0.1, -0.05) is 13.8 Å². The number of aliphatic carboxylic acids is 1. The predicted octanol–water partition coefficient (Wildman–Crippen LogP) is -3.52. The molecule has 0 radical (unpaired) electrons. The standard InChI is InChI=1S/C22H41N9O7/c1-11(2)10-15(21(37)38)31-20(36)14(6-8-17(25)33)30-19(35)13(5-7-16(24)32)29-18(34)12(23)4-3-9-28-22(26)27/h11-15H,3-10,23H2,1-2H3,(H2,24,32)(H2,25,33)(H,29,34)(H,30,35)(H,31,36)(H,37,38)(H4,26,27,28). The van der Waals surface area contributed by atoms with Crippen LogP contribution < -0.4 is 44.6 Å². The van der Waals surface area contributed by atoms with Gasteiger partial charge in [0, 0.05) is 19.4 Å². The molecule has 4 unspecified atom stereocenters. The highest BCUT2D eigenvalue weighted by Gasteiger charge is 2.31. The number of hydrogen-bond acceptors (Lipinski definition) is 8. The number of rotatable bonds is 19. The van der Waals surface area contributed by atoms with E-state index in [2.05, 4.69) is 20.9 Å². The molecule has 5 amide bonds. The number of nitrogens with zero attached hydrogens (tertiary/aromatic N) is 1. The largest absolute Gasteiger partial charge is 0.480 e. The maximum atomic E-state index is 13.0. The lowest BCUT2D eigenvalue weighted by atomic mass is 10.0. The van der Waals surface area contributed by atoms with Gasteiger partial charge in [-0.05, 0) is 38.0 Å². The Morgan fingerprint density at radius 1 is 0.737 bits per heavy atom. The minimum atomic E-state index is -1.36. The van der Waals surface area contributed by atoms with Crippen LogP contribution in [0.5, 0.6) is 0 Å². The van der Waals surface area contributed by atoms with Gasteiger partial charge in [0.2, 0.25) is 29.5 Å². The summed E-state index contributed by atoms with van der Waals surface area (Å²) in [6.07, 6.45) is -0.324. The first-order valence-corrected chi connectivity index (χ1v) is 12.1. The SMILES string of the molecule is CC(C)CC(NC(=O)C(CCC(N)=O)NC(=O)C(CCC(N)=O)NC(=O)C(N)CCCN=C(N)N)C(=O)O. The summed E-state index contributed by atoms with van der Waals surface area (Å²) in [5, 5.41) is 16.6. The lowest BCUT2D eigenvalue weighted by Gasteiger charge is -2.25. The molecule has 38 heavy (non-hydrogen) atoms. The normalized spacial score (nSPS) is 13.9. The van der Waals surface area contributed by atoms with Gasteiger partial charge in [0.05, 0.1) is 6.04 Å². The number of carbonyl (C=O) groups is 6. The molecule has 0 aliphatic heterocycles. The Bertz CT molecular complexity index is 875. The van der Waals surface area contributed by atoms with Crippen molar-refractivity contribution in [3.63, 3.8) is 0 Å². The quantitative estimate of drug-likeness (QED) is 0.0439. The summed E-state index contributed by atoms with van der Waals surface area (Å²) in [6.45, 7) is 3.78. The van der Waals surface area contributed by atoms with Crippen LogP contribution in [0.3, 0.4) is 0 Å². The monoisotopic (exact) mass is 543 g/mol. The van der Waals surface area contributed by atoms with E-state index < -0.39 is 59.7 Å². The van der Waals surface area contributed by atoms with E-state index in [9.17, 15) is 33.9 Å². The predicted molar refractivity (Wildman–Crippen MR) is 138 cm³/mol. The molecule has 216 valence electrons. The zero-order chi connectivity index (χ0) is 29.4. The fourth-order valence-corrected chi connectivity index (χ4v) is 3.28. The third-order valence-corrected chi connectivity index (χ3v) is 5.25. The van der Waals surface area contributed by atoms with Crippen LogP contribution in [0.25, 0.3) is 0 Å². The number of aliphatic imine (C=N–C) groups is 1. The molecule has 4 atom stereocenters. The summed E-state index contributed by atoms with van der Waals surface area (Å²) < 4.78 is 0. The number of amides is 5. The van der Waals surface area contributed by atoms with E-state index in [-0.39, 0.29) is 56.9 Å². The zero-order valence-corrected chi connectivity index (χ0v) is 21.8. The number of carboxylic acids is 1. The van der Waals surface area contributed by atoms with E-state index in [1.165, 1.54) is 0 Å².